The monoisotopic (exact) mass is 285 g/mol. The summed E-state index contributed by atoms with van der Waals surface area (Å²) in [6.45, 7) is -5.48. The lowest BCUT2D eigenvalue weighted by Gasteiger charge is -2.19. The van der Waals surface area contributed by atoms with Crippen molar-refractivity contribution >= 4 is 12.4 Å². The van der Waals surface area contributed by atoms with E-state index < -0.39 is 24.0 Å². The normalized spacial score (nSPS) is 11.4. The Kier molecular flexibility index (Phi) is 3.87. The Balaban J connectivity index is 2.22. The van der Waals surface area contributed by atoms with E-state index in [0.717, 1.165) is 6.07 Å². The van der Waals surface area contributed by atoms with Gasteiger partial charge in [0.25, 0.3) is 0 Å². The summed E-state index contributed by atoms with van der Waals surface area (Å²) < 4.78 is 56.4. The summed E-state index contributed by atoms with van der Waals surface area (Å²) in [7, 11) is 0. The highest BCUT2D eigenvalue weighted by atomic mass is 19.4. The zero-order valence-electron chi connectivity index (χ0n) is 10.2. The molecule has 0 heterocycles. The first-order valence-corrected chi connectivity index (χ1v) is 5.76. The van der Waals surface area contributed by atoms with Gasteiger partial charge in [-0.1, -0.05) is 23.7 Å². The van der Waals surface area contributed by atoms with Gasteiger partial charge in [0.2, 0.25) is 0 Å². The maximum absolute atomic E-state index is 13.0. The van der Waals surface area contributed by atoms with Crippen molar-refractivity contribution in [1.29, 1.82) is 0 Å². The van der Waals surface area contributed by atoms with E-state index >= 15 is 0 Å². The zero-order chi connectivity index (χ0) is 14.8. The van der Waals surface area contributed by atoms with Crippen LogP contribution in [0.25, 0.3) is 0 Å². The highest BCUT2D eigenvalue weighted by Gasteiger charge is 2.29. The van der Waals surface area contributed by atoms with Crippen LogP contribution in [0, 0.1) is 5.82 Å². The quantitative estimate of drug-likeness (QED) is 0.690. The molecule has 0 fully saturated rings. The molecule has 0 aliphatic heterocycles. The van der Waals surface area contributed by atoms with Crippen LogP contribution in [-0.4, -0.2) is 12.1 Å². The van der Waals surface area contributed by atoms with E-state index in [2.05, 4.69) is 0 Å². The average molecular weight is 285 g/mol. The first-order chi connectivity index (χ1) is 9.36. The molecule has 0 amide bonds. The number of hydrogen-bond donors (Lipinski definition) is 1. The Labute approximate surface area is 112 Å². The molecule has 0 aliphatic rings. The minimum absolute atomic E-state index is 0.0226. The standard InChI is InChI=1S/C13H10BF4O2/c15-10-4-5-12(14(16,17)18)13(7-10)20-8-9-2-1-3-11(19)6-9/h1-7,19H,8H2/q-1. The van der Waals surface area contributed by atoms with Crippen molar-refractivity contribution in [3.8, 4) is 11.5 Å². The summed E-state index contributed by atoms with van der Waals surface area (Å²) in [5.41, 5.74) is -0.499. The summed E-state index contributed by atoms with van der Waals surface area (Å²) >= 11 is 0. The third-order valence-electron chi connectivity index (χ3n) is 2.63. The van der Waals surface area contributed by atoms with Crippen molar-refractivity contribution in [2.24, 2.45) is 0 Å². The fourth-order valence-electron chi connectivity index (χ4n) is 1.71. The summed E-state index contributed by atoms with van der Waals surface area (Å²) in [6, 6.07) is 8.01. The van der Waals surface area contributed by atoms with E-state index in [-0.39, 0.29) is 12.4 Å². The number of phenolic OH excluding ortho intramolecular Hbond substituents is 1. The predicted molar refractivity (Wildman–Crippen MR) is 67.6 cm³/mol. The van der Waals surface area contributed by atoms with Gasteiger partial charge >= 0.3 is 6.98 Å². The molecule has 2 nitrogen and oxygen atoms in total. The number of hydrogen-bond acceptors (Lipinski definition) is 2. The number of aromatic hydroxyl groups is 1. The molecule has 20 heavy (non-hydrogen) atoms. The van der Waals surface area contributed by atoms with Gasteiger partial charge in [0.15, 0.2) is 0 Å². The van der Waals surface area contributed by atoms with E-state index in [1.807, 2.05) is 0 Å². The number of halogens is 4. The van der Waals surface area contributed by atoms with Crippen molar-refractivity contribution in [2.75, 3.05) is 0 Å². The molecule has 0 radical (unpaired) electrons. The molecular formula is C13H10BF4O2-. The lowest BCUT2D eigenvalue weighted by Crippen LogP contribution is -2.35. The molecule has 0 aliphatic carbocycles. The van der Waals surface area contributed by atoms with E-state index in [1.54, 1.807) is 6.07 Å². The molecule has 0 saturated carbocycles. The molecule has 106 valence electrons. The Morgan fingerprint density at radius 3 is 2.45 bits per heavy atom. The number of rotatable bonds is 4. The van der Waals surface area contributed by atoms with Gasteiger partial charge in [0, 0.05) is 6.07 Å². The summed E-state index contributed by atoms with van der Waals surface area (Å²) in [6.07, 6.45) is 0. The minimum atomic E-state index is -5.28. The smallest absolute Gasteiger partial charge is 0.508 e. The van der Waals surface area contributed by atoms with Gasteiger partial charge in [-0.05, 0) is 23.8 Å². The second-order valence-corrected chi connectivity index (χ2v) is 4.22. The molecule has 2 aromatic rings. The van der Waals surface area contributed by atoms with Gasteiger partial charge in [-0.3, -0.25) is 0 Å². The lowest BCUT2D eigenvalue weighted by molar-refractivity contribution is 0.304. The first kappa shape index (κ1) is 14.2. The van der Waals surface area contributed by atoms with Crippen LogP contribution in [0.5, 0.6) is 11.5 Å². The summed E-state index contributed by atoms with van der Waals surface area (Å²) in [4.78, 5) is 0. The van der Waals surface area contributed by atoms with Crippen LogP contribution in [0.4, 0.5) is 17.3 Å². The maximum atomic E-state index is 13.0. The van der Waals surface area contributed by atoms with Crippen LogP contribution in [0.15, 0.2) is 42.5 Å². The fourth-order valence-corrected chi connectivity index (χ4v) is 1.71. The van der Waals surface area contributed by atoms with Gasteiger partial charge < -0.3 is 22.8 Å². The molecular weight excluding hydrogens is 275 g/mol. The van der Waals surface area contributed by atoms with Crippen molar-refractivity contribution in [3.63, 3.8) is 0 Å². The molecule has 1 N–H and O–H groups in total. The third-order valence-corrected chi connectivity index (χ3v) is 2.63. The van der Waals surface area contributed by atoms with Crippen molar-refractivity contribution < 1.29 is 27.2 Å². The minimum Gasteiger partial charge on any atom is -0.508 e. The molecule has 2 aromatic carbocycles. The lowest BCUT2D eigenvalue weighted by atomic mass is 9.79. The van der Waals surface area contributed by atoms with E-state index in [0.29, 0.717) is 17.7 Å². The predicted octanol–water partition coefficient (Wildman–Crippen LogP) is 3.16. The van der Waals surface area contributed by atoms with E-state index in [1.165, 1.54) is 18.2 Å². The highest BCUT2D eigenvalue weighted by Crippen LogP contribution is 2.20. The Hall–Kier alpha value is -2.18. The Bertz CT molecular complexity index is 614. The van der Waals surface area contributed by atoms with Crippen molar-refractivity contribution in [3.05, 3.63) is 53.8 Å². The molecule has 0 spiro atoms. The molecule has 0 atom stereocenters. The average Bonchev–Trinajstić information content (AvgIpc) is 2.35. The van der Waals surface area contributed by atoms with Gasteiger partial charge in [0.1, 0.15) is 18.2 Å². The van der Waals surface area contributed by atoms with Gasteiger partial charge in [-0.25, -0.2) is 4.39 Å². The van der Waals surface area contributed by atoms with Crippen LogP contribution in [0.2, 0.25) is 0 Å². The molecule has 0 aromatic heterocycles. The molecule has 2 rings (SSSR count). The molecule has 0 unspecified atom stereocenters. The second-order valence-electron chi connectivity index (χ2n) is 4.22. The van der Waals surface area contributed by atoms with Gasteiger partial charge in [-0.15, -0.1) is 0 Å². The summed E-state index contributed by atoms with van der Waals surface area (Å²) in [5, 5.41) is 9.25. The highest BCUT2D eigenvalue weighted by molar-refractivity contribution is 6.74. The van der Waals surface area contributed by atoms with Crippen LogP contribution in [0.1, 0.15) is 5.56 Å². The van der Waals surface area contributed by atoms with Crippen molar-refractivity contribution in [1.82, 2.24) is 0 Å². The van der Waals surface area contributed by atoms with E-state index in [9.17, 15) is 22.4 Å². The second kappa shape index (κ2) is 5.44. The zero-order valence-corrected chi connectivity index (χ0v) is 10.2. The third kappa shape index (κ3) is 3.43. The fraction of sp³-hybridized carbons (Fsp3) is 0.0769. The number of ether oxygens (including phenoxy) is 1. The topological polar surface area (TPSA) is 29.5 Å². The van der Waals surface area contributed by atoms with Crippen LogP contribution in [0.3, 0.4) is 0 Å². The first-order valence-electron chi connectivity index (χ1n) is 5.76. The maximum Gasteiger partial charge on any atom is 0.513 e. The Morgan fingerprint density at radius 1 is 1.05 bits per heavy atom. The van der Waals surface area contributed by atoms with Gasteiger partial charge in [-0.2, -0.15) is 0 Å². The largest absolute Gasteiger partial charge is 0.513 e. The Morgan fingerprint density at radius 2 is 1.80 bits per heavy atom. The molecule has 7 heteroatoms. The van der Waals surface area contributed by atoms with Gasteiger partial charge in [0.05, 0.1) is 5.75 Å². The van der Waals surface area contributed by atoms with Crippen molar-refractivity contribution in [2.45, 2.75) is 6.61 Å². The van der Waals surface area contributed by atoms with Crippen LogP contribution in [-0.2, 0) is 6.61 Å². The van der Waals surface area contributed by atoms with Crippen LogP contribution < -0.4 is 10.2 Å². The number of phenols is 1. The summed E-state index contributed by atoms with van der Waals surface area (Å²) in [5.74, 6) is -1.38. The van der Waals surface area contributed by atoms with Crippen LogP contribution >= 0.6 is 0 Å². The molecule has 0 bridgehead atoms. The number of benzene rings is 2. The molecule has 0 saturated heterocycles. The SMILES string of the molecule is Oc1cccc(COc2cc(F)ccc2[B-](F)(F)F)c1. The van der Waals surface area contributed by atoms with E-state index in [4.69, 9.17) is 4.74 Å².